The van der Waals surface area contributed by atoms with Crippen molar-refractivity contribution in [3.8, 4) is 5.75 Å². The molecule has 1 aromatic carbocycles. The molecule has 28 heavy (non-hydrogen) atoms. The summed E-state index contributed by atoms with van der Waals surface area (Å²) in [6, 6.07) is 4.31. The molecule has 0 spiro atoms. The predicted octanol–water partition coefficient (Wildman–Crippen LogP) is 1.56. The van der Waals surface area contributed by atoms with Gasteiger partial charge >= 0.3 is 5.97 Å². The second kappa shape index (κ2) is 7.26. The lowest BCUT2D eigenvalue weighted by atomic mass is 10.0. The molecular weight excluding hydrogens is 364 g/mol. The SMILES string of the molecule is C[C@H](Oc1cccc2c1CN(C1CCC(=O)NC1=O)C2=O)C(=O)OC(C)(C)C. The zero-order chi connectivity index (χ0) is 20.6. The van der Waals surface area contributed by atoms with E-state index in [1.165, 1.54) is 4.90 Å². The second-order valence-electron chi connectivity index (χ2n) is 7.98. The third kappa shape index (κ3) is 4.00. The van der Waals surface area contributed by atoms with Crippen LogP contribution in [0.25, 0.3) is 0 Å². The lowest BCUT2D eigenvalue weighted by molar-refractivity contribution is -0.162. The highest BCUT2D eigenvalue weighted by Gasteiger charge is 2.40. The molecule has 8 heteroatoms. The summed E-state index contributed by atoms with van der Waals surface area (Å²) in [5, 5.41) is 2.27. The topological polar surface area (TPSA) is 102 Å². The minimum Gasteiger partial charge on any atom is -0.479 e. The number of carbonyl (C=O) groups excluding carboxylic acids is 4. The van der Waals surface area contributed by atoms with Gasteiger partial charge in [0.05, 0.1) is 6.54 Å². The van der Waals surface area contributed by atoms with Crippen molar-refractivity contribution in [3.05, 3.63) is 29.3 Å². The minimum atomic E-state index is -0.856. The lowest BCUT2D eigenvalue weighted by Gasteiger charge is -2.29. The fourth-order valence-electron chi connectivity index (χ4n) is 3.29. The number of piperidine rings is 1. The van der Waals surface area contributed by atoms with E-state index in [-0.39, 0.29) is 31.2 Å². The van der Waals surface area contributed by atoms with E-state index in [9.17, 15) is 19.2 Å². The van der Waals surface area contributed by atoms with Gasteiger partial charge in [-0.25, -0.2) is 4.79 Å². The number of hydrogen-bond donors (Lipinski definition) is 1. The van der Waals surface area contributed by atoms with Crippen LogP contribution in [0.5, 0.6) is 5.75 Å². The molecule has 1 unspecified atom stereocenters. The van der Waals surface area contributed by atoms with Crippen LogP contribution < -0.4 is 10.1 Å². The van der Waals surface area contributed by atoms with Crippen LogP contribution >= 0.6 is 0 Å². The molecule has 1 aromatic rings. The summed E-state index contributed by atoms with van der Waals surface area (Å²) in [7, 11) is 0. The van der Waals surface area contributed by atoms with E-state index in [1.54, 1.807) is 45.9 Å². The van der Waals surface area contributed by atoms with E-state index in [1.807, 2.05) is 0 Å². The molecule has 0 radical (unpaired) electrons. The maximum Gasteiger partial charge on any atom is 0.347 e. The van der Waals surface area contributed by atoms with Crippen molar-refractivity contribution < 1.29 is 28.7 Å². The smallest absolute Gasteiger partial charge is 0.347 e. The summed E-state index contributed by atoms with van der Waals surface area (Å²) < 4.78 is 11.1. The van der Waals surface area contributed by atoms with Gasteiger partial charge in [-0.15, -0.1) is 0 Å². The molecule has 2 aliphatic rings. The van der Waals surface area contributed by atoms with E-state index in [2.05, 4.69) is 5.32 Å². The van der Waals surface area contributed by atoms with Crippen LogP contribution in [0.15, 0.2) is 18.2 Å². The summed E-state index contributed by atoms with van der Waals surface area (Å²) in [6.07, 6.45) is -0.379. The van der Waals surface area contributed by atoms with Crippen molar-refractivity contribution in [2.24, 2.45) is 0 Å². The van der Waals surface area contributed by atoms with E-state index >= 15 is 0 Å². The summed E-state index contributed by atoms with van der Waals surface area (Å²) in [5.74, 6) is -1.20. The standard InChI is InChI=1S/C20H24N2O6/c1-11(19(26)28-20(2,3)4)27-15-7-5-6-12-13(15)10-22(18(12)25)14-8-9-16(23)21-17(14)24/h5-7,11,14H,8-10H2,1-4H3,(H,21,23,24)/t11-,14?/m0/s1. The number of carbonyl (C=O) groups is 4. The lowest BCUT2D eigenvalue weighted by Crippen LogP contribution is -2.52. The van der Waals surface area contributed by atoms with E-state index in [0.717, 1.165) is 0 Å². The molecule has 0 bridgehead atoms. The highest BCUT2D eigenvalue weighted by atomic mass is 16.6. The minimum absolute atomic E-state index is 0.178. The first kappa shape index (κ1) is 19.9. The Morgan fingerprint density at radius 1 is 1.25 bits per heavy atom. The molecule has 150 valence electrons. The molecule has 2 aliphatic heterocycles. The molecule has 1 saturated heterocycles. The van der Waals surface area contributed by atoms with Gasteiger partial charge in [0.25, 0.3) is 5.91 Å². The number of nitrogens with one attached hydrogen (secondary N) is 1. The fraction of sp³-hybridized carbons (Fsp3) is 0.500. The summed E-state index contributed by atoms with van der Waals surface area (Å²) in [6.45, 7) is 7.08. The fourth-order valence-corrected chi connectivity index (χ4v) is 3.29. The Morgan fingerprint density at radius 2 is 1.96 bits per heavy atom. The molecule has 2 atom stereocenters. The van der Waals surface area contributed by atoms with Gasteiger partial charge in [0, 0.05) is 17.5 Å². The zero-order valence-corrected chi connectivity index (χ0v) is 16.4. The normalized spacial score (nSPS) is 20.5. The van der Waals surface area contributed by atoms with Crippen LogP contribution in [-0.2, 0) is 25.7 Å². The zero-order valence-electron chi connectivity index (χ0n) is 16.4. The van der Waals surface area contributed by atoms with Crippen molar-refractivity contribution in [2.45, 2.75) is 64.8 Å². The monoisotopic (exact) mass is 388 g/mol. The molecule has 3 rings (SSSR count). The molecule has 0 saturated carbocycles. The quantitative estimate of drug-likeness (QED) is 0.620. The Bertz CT molecular complexity index is 842. The van der Waals surface area contributed by atoms with Gasteiger partial charge in [0.1, 0.15) is 17.4 Å². The van der Waals surface area contributed by atoms with Gasteiger partial charge in [0.15, 0.2) is 6.10 Å². The van der Waals surface area contributed by atoms with Gasteiger partial charge < -0.3 is 14.4 Å². The largest absolute Gasteiger partial charge is 0.479 e. The van der Waals surface area contributed by atoms with Crippen molar-refractivity contribution in [1.29, 1.82) is 0 Å². The Labute approximate surface area is 163 Å². The summed E-state index contributed by atoms with van der Waals surface area (Å²) in [5.41, 5.74) is 0.414. The molecule has 1 N–H and O–H groups in total. The molecule has 2 heterocycles. The first-order valence-corrected chi connectivity index (χ1v) is 9.23. The van der Waals surface area contributed by atoms with Crippen molar-refractivity contribution in [3.63, 3.8) is 0 Å². The van der Waals surface area contributed by atoms with Crippen molar-refractivity contribution in [2.75, 3.05) is 0 Å². The molecule has 0 aromatic heterocycles. The van der Waals surface area contributed by atoms with E-state index < -0.39 is 29.6 Å². The average Bonchev–Trinajstić information content (AvgIpc) is 2.91. The van der Waals surface area contributed by atoms with E-state index in [4.69, 9.17) is 9.47 Å². The number of hydrogen-bond acceptors (Lipinski definition) is 6. The first-order valence-electron chi connectivity index (χ1n) is 9.23. The second-order valence-corrected chi connectivity index (χ2v) is 7.98. The number of nitrogens with zero attached hydrogens (tertiary/aromatic N) is 1. The maximum atomic E-state index is 12.8. The van der Waals surface area contributed by atoms with Gasteiger partial charge in [-0.3, -0.25) is 19.7 Å². The Hall–Kier alpha value is -2.90. The van der Waals surface area contributed by atoms with Crippen LogP contribution in [0.4, 0.5) is 0 Å². The van der Waals surface area contributed by atoms with Crippen molar-refractivity contribution >= 4 is 23.7 Å². The van der Waals surface area contributed by atoms with Crippen LogP contribution in [0.1, 0.15) is 56.5 Å². The Balaban J connectivity index is 1.78. The number of benzene rings is 1. The van der Waals surface area contributed by atoms with Crippen LogP contribution in [-0.4, -0.2) is 46.3 Å². The molecule has 3 amide bonds. The highest BCUT2D eigenvalue weighted by Crippen LogP contribution is 2.34. The number of ether oxygens (including phenoxy) is 2. The molecule has 8 nitrogen and oxygen atoms in total. The number of amides is 3. The van der Waals surface area contributed by atoms with Crippen molar-refractivity contribution in [1.82, 2.24) is 10.2 Å². The Morgan fingerprint density at radius 3 is 2.61 bits per heavy atom. The highest BCUT2D eigenvalue weighted by molar-refractivity contribution is 6.05. The van der Waals surface area contributed by atoms with Crippen LogP contribution in [0, 0.1) is 0 Å². The van der Waals surface area contributed by atoms with E-state index in [0.29, 0.717) is 16.9 Å². The van der Waals surface area contributed by atoms with Crippen LogP contribution in [0.3, 0.4) is 0 Å². The molecule has 1 fully saturated rings. The summed E-state index contributed by atoms with van der Waals surface area (Å²) >= 11 is 0. The number of esters is 1. The maximum absolute atomic E-state index is 12.8. The number of fused-ring (bicyclic) bond motifs is 1. The third-order valence-electron chi connectivity index (χ3n) is 4.58. The van der Waals surface area contributed by atoms with Gasteiger partial charge in [-0.05, 0) is 46.2 Å². The predicted molar refractivity (Wildman–Crippen MR) is 98.4 cm³/mol. The van der Waals surface area contributed by atoms with Crippen LogP contribution in [0.2, 0.25) is 0 Å². The number of imide groups is 1. The number of rotatable bonds is 4. The Kier molecular flexibility index (Phi) is 5.14. The summed E-state index contributed by atoms with van der Waals surface area (Å²) in [4.78, 5) is 50.0. The average molecular weight is 388 g/mol. The molecule has 0 aliphatic carbocycles. The first-order chi connectivity index (χ1) is 13.1. The van der Waals surface area contributed by atoms with Gasteiger partial charge in [-0.2, -0.15) is 0 Å². The van der Waals surface area contributed by atoms with Gasteiger partial charge in [-0.1, -0.05) is 6.07 Å². The van der Waals surface area contributed by atoms with Gasteiger partial charge in [0.2, 0.25) is 11.8 Å². The third-order valence-corrected chi connectivity index (χ3v) is 4.58. The molecular formula is C20H24N2O6.